The minimum absolute atomic E-state index is 0.869. The molecule has 88 valence electrons. The van der Waals surface area contributed by atoms with Crippen molar-refractivity contribution in [1.29, 1.82) is 0 Å². The van der Waals surface area contributed by atoms with E-state index in [1.165, 1.54) is 24.4 Å². The number of aromatic nitrogens is 2. The summed E-state index contributed by atoms with van der Waals surface area (Å²) in [5, 5.41) is 0. The van der Waals surface area contributed by atoms with Crippen LogP contribution in [0.1, 0.15) is 24.4 Å². The maximum atomic E-state index is 5.35. The molecule has 0 spiro atoms. The molecule has 1 saturated heterocycles. The minimum atomic E-state index is 0.869. The van der Waals surface area contributed by atoms with Crippen LogP contribution in [0, 0.1) is 0 Å². The Labute approximate surface area is 96.2 Å². The first-order valence-corrected chi connectivity index (χ1v) is 6.27. The average Bonchev–Trinajstić information content (AvgIpc) is 2.72. The summed E-state index contributed by atoms with van der Waals surface area (Å²) in [5.74, 6) is 1.29. The lowest BCUT2D eigenvalue weighted by molar-refractivity contribution is 0.0337. The third kappa shape index (κ3) is 2.13. The third-order valence-corrected chi connectivity index (χ3v) is 3.45. The van der Waals surface area contributed by atoms with Gasteiger partial charge in [0.15, 0.2) is 0 Å². The van der Waals surface area contributed by atoms with Gasteiger partial charge < -0.3 is 9.30 Å². The minimum Gasteiger partial charge on any atom is -0.379 e. The van der Waals surface area contributed by atoms with E-state index in [0.717, 1.165) is 45.8 Å². The quantitative estimate of drug-likeness (QED) is 0.748. The van der Waals surface area contributed by atoms with Crippen LogP contribution in [0.5, 0.6) is 0 Å². The fourth-order valence-electron chi connectivity index (χ4n) is 2.54. The van der Waals surface area contributed by atoms with Crippen LogP contribution in [0.25, 0.3) is 0 Å². The molecule has 4 heteroatoms. The molecule has 16 heavy (non-hydrogen) atoms. The number of hydrogen-bond donors (Lipinski definition) is 0. The topological polar surface area (TPSA) is 30.3 Å². The highest BCUT2D eigenvalue weighted by molar-refractivity contribution is 5.06. The van der Waals surface area contributed by atoms with Gasteiger partial charge in [0.25, 0.3) is 0 Å². The van der Waals surface area contributed by atoms with Gasteiger partial charge in [-0.1, -0.05) is 0 Å². The maximum absolute atomic E-state index is 5.35. The fourth-order valence-corrected chi connectivity index (χ4v) is 2.54. The van der Waals surface area contributed by atoms with Crippen LogP contribution in [-0.2, 0) is 24.2 Å². The molecule has 0 atom stereocenters. The number of ether oxygens (including phenoxy) is 1. The Balaban J connectivity index is 1.67. The Morgan fingerprint density at radius 3 is 2.88 bits per heavy atom. The van der Waals surface area contributed by atoms with Crippen molar-refractivity contribution in [3.05, 3.63) is 17.7 Å². The summed E-state index contributed by atoms with van der Waals surface area (Å²) >= 11 is 0. The summed E-state index contributed by atoms with van der Waals surface area (Å²) in [4.78, 5) is 7.15. The monoisotopic (exact) mass is 221 g/mol. The van der Waals surface area contributed by atoms with E-state index >= 15 is 0 Å². The lowest BCUT2D eigenvalue weighted by atomic mass is 10.2. The maximum Gasteiger partial charge on any atom is 0.109 e. The normalized spacial score (nSPS) is 22.0. The Morgan fingerprint density at radius 1 is 1.19 bits per heavy atom. The molecule has 1 aromatic heterocycles. The van der Waals surface area contributed by atoms with E-state index in [9.17, 15) is 0 Å². The molecule has 0 aliphatic carbocycles. The van der Waals surface area contributed by atoms with Crippen molar-refractivity contribution in [3.63, 3.8) is 0 Å². The number of imidazole rings is 1. The molecular weight excluding hydrogens is 202 g/mol. The van der Waals surface area contributed by atoms with Gasteiger partial charge in [-0.3, -0.25) is 4.90 Å². The van der Waals surface area contributed by atoms with Crippen molar-refractivity contribution in [2.45, 2.75) is 32.4 Å². The van der Waals surface area contributed by atoms with Crippen LogP contribution in [0.4, 0.5) is 0 Å². The van der Waals surface area contributed by atoms with Gasteiger partial charge in [-0.05, 0) is 12.8 Å². The van der Waals surface area contributed by atoms with Gasteiger partial charge in [-0.15, -0.1) is 0 Å². The predicted molar refractivity (Wildman–Crippen MR) is 61.3 cm³/mol. The number of rotatable bonds is 2. The van der Waals surface area contributed by atoms with Gasteiger partial charge in [0.1, 0.15) is 5.82 Å². The van der Waals surface area contributed by atoms with Gasteiger partial charge in [0.2, 0.25) is 0 Å². The largest absolute Gasteiger partial charge is 0.379 e. The molecule has 0 aromatic carbocycles. The fraction of sp³-hybridized carbons (Fsp3) is 0.750. The van der Waals surface area contributed by atoms with Gasteiger partial charge in [0, 0.05) is 38.8 Å². The van der Waals surface area contributed by atoms with Crippen molar-refractivity contribution in [2.24, 2.45) is 0 Å². The molecule has 3 rings (SSSR count). The Morgan fingerprint density at radius 2 is 2.06 bits per heavy atom. The van der Waals surface area contributed by atoms with Gasteiger partial charge in [-0.2, -0.15) is 0 Å². The van der Waals surface area contributed by atoms with Crippen molar-refractivity contribution >= 4 is 0 Å². The predicted octanol–water partition coefficient (Wildman–Crippen LogP) is 1.05. The van der Waals surface area contributed by atoms with Gasteiger partial charge in [0.05, 0.1) is 18.9 Å². The molecule has 0 amide bonds. The van der Waals surface area contributed by atoms with Gasteiger partial charge >= 0.3 is 0 Å². The van der Waals surface area contributed by atoms with E-state index in [0.29, 0.717) is 0 Å². The van der Waals surface area contributed by atoms with E-state index in [1.807, 2.05) is 0 Å². The summed E-state index contributed by atoms with van der Waals surface area (Å²) in [6.07, 6.45) is 6.00. The second kappa shape index (κ2) is 4.55. The first kappa shape index (κ1) is 10.3. The molecule has 0 unspecified atom stereocenters. The van der Waals surface area contributed by atoms with E-state index in [2.05, 4.69) is 15.7 Å². The number of hydrogen-bond acceptors (Lipinski definition) is 3. The highest BCUT2D eigenvalue weighted by Crippen LogP contribution is 2.15. The summed E-state index contributed by atoms with van der Waals surface area (Å²) in [5.41, 5.74) is 1.24. The van der Waals surface area contributed by atoms with E-state index < -0.39 is 0 Å². The Kier molecular flexibility index (Phi) is 2.93. The Hall–Kier alpha value is -0.870. The van der Waals surface area contributed by atoms with Crippen molar-refractivity contribution < 1.29 is 4.74 Å². The van der Waals surface area contributed by atoms with Crippen LogP contribution in [0.3, 0.4) is 0 Å². The third-order valence-electron chi connectivity index (χ3n) is 3.45. The van der Waals surface area contributed by atoms with Crippen LogP contribution in [0.2, 0.25) is 0 Å². The molecule has 1 aromatic rings. The molecular formula is C12H19N3O. The molecule has 0 bridgehead atoms. The number of aryl methyl sites for hydroxylation is 2. The number of morpholine rings is 1. The molecule has 0 N–H and O–H groups in total. The van der Waals surface area contributed by atoms with E-state index in [-0.39, 0.29) is 0 Å². The zero-order valence-corrected chi connectivity index (χ0v) is 9.69. The molecule has 3 heterocycles. The molecule has 1 fully saturated rings. The standard InChI is InChI=1S/C12H19N3O/c1-2-4-15-10-11(13-12(15)3-1)9-14-5-7-16-8-6-14/h10H,1-9H2. The van der Waals surface area contributed by atoms with Crippen molar-refractivity contribution in [3.8, 4) is 0 Å². The summed E-state index contributed by atoms with van der Waals surface area (Å²) in [6, 6.07) is 0. The number of nitrogens with zero attached hydrogens (tertiary/aromatic N) is 3. The van der Waals surface area contributed by atoms with Crippen molar-refractivity contribution in [1.82, 2.24) is 14.5 Å². The second-order valence-corrected chi connectivity index (χ2v) is 4.69. The molecule has 0 saturated carbocycles. The number of fused-ring (bicyclic) bond motifs is 1. The molecule has 2 aliphatic rings. The highest BCUT2D eigenvalue weighted by atomic mass is 16.5. The average molecular weight is 221 g/mol. The lowest BCUT2D eigenvalue weighted by Crippen LogP contribution is -2.35. The van der Waals surface area contributed by atoms with Crippen LogP contribution in [-0.4, -0.2) is 40.8 Å². The highest BCUT2D eigenvalue weighted by Gasteiger charge is 2.15. The second-order valence-electron chi connectivity index (χ2n) is 4.69. The first-order chi connectivity index (χ1) is 7.92. The van der Waals surface area contributed by atoms with Crippen LogP contribution >= 0.6 is 0 Å². The molecule has 0 radical (unpaired) electrons. The summed E-state index contributed by atoms with van der Waals surface area (Å²) in [6.45, 7) is 5.97. The first-order valence-electron chi connectivity index (χ1n) is 6.27. The SMILES string of the molecule is c1c(CN2CCOCC2)nc2n1CCCC2. The zero-order valence-electron chi connectivity index (χ0n) is 9.69. The van der Waals surface area contributed by atoms with E-state index in [4.69, 9.17) is 9.72 Å². The van der Waals surface area contributed by atoms with E-state index in [1.54, 1.807) is 0 Å². The zero-order chi connectivity index (χ0) is 10.8. The lowest BCUT2D eigenvalue weighted by Gasteiger charge is -2.25. The Bertz CT molecular complexity index is 332. The van der Waals surface area contributed by atoms with Gasteiger partial charge in [-0.25, -0.2) is 4.98 Å². The summed E-state index contributed by atoms with van der Waals surface area (Å²) < 4.78 is 7.68. The van der Waals surface area contributed by atoms with Crippen LogP contribution < -0.4 is 0 Å². The van der Waals surface area contributed by atoms with Crippen LogP contribution in [0.15, 0.2) is 6.20 Å². The molecule has 4 nitrogen and oxygen atoms in total. The smallest absolute Gasteiger partial charge is 0.109 e. The van der Waals surface area contributed by atoms with Crippen molar-refractivity contribution in [2.75, 3.05) is 26.3 Å². The molecule has 2 aliphatic heterocycles. The summed E-state index contributed by atoms with van der Waals surface area (Å²) in [7, 11) is 0.